The number of hydrogen-bond donors (Lipinski definition) is 0. The summed E-state index contributed by atoms with van der Waals surface area (Å²) in [6.07, 6.45) is 3.71. The van der Waals surface area contributed by atoms with Gasteiger partial charge in [0.15, 0.2) is 5.76 Å². The summed E-state index contributed by atoms with van der Waals surface area (Å²) in [5.41, 5.74) is 0.951. The fraction of sp³-hybridized carbons (Fsp3) is 0.706. The number of nitrogens with zero attached hydrogens (tertiary/aromatic N) is 6. The second kappa shape index (κ2) is 6.29. The molecule has 2 aliphatic rings. The first-order valence-electron chi connectivity index (χ1n) is 8.83. The Balaban J connectivity index is 1.33. The zero-order chi connectivity index (χ0) is 16.7. The van der Waals surface area contributed by atoms with E-state index in [1.807, 2.05) is 13.0 Å². The van der Waals surface area contributed by atoms with Gasteiger partial charge in [-0.25, -0.2) is 0 Å². The molecule has 0 bridgehead atoms. The Morgan fingerprint density at radius 2 is 2.12 bits per heavy atom. The Labute approximate surface area is 142 Å². The number of rotatable bonds is 6. The van der Waals surface area contributed by atoms with Gasteiger partial charge >= 0.3 is 0 Å². The lowest BCUT2D eigenvalue weighted by Crippen LogP contribution is -2.34. The molecule has 130 valence electrons. The van der Waals surface area contributed by atoms with Gasteiger partial charge in [-0.05, 0) is 33.2 Å². The largest absolute Gasteiger partial charge is 0.360 e. The van der Waals surface area contributed by atoms with E-state index in [1.54, 1.807) is 0 Å². The molecule has 1 aliphatic carbocycles. The monoisotopic (exact) mass is 330 g/mol. The minimum Gasteiger partial charge on any atom is -0.360 e. The van der Waals surface area contributed by atoms with Crippen molar-refractivity contribution in [1.82, 2.24) is 29.7 Å². The molecule has 4 rings (SSSR count). The second-order valence-electron chi connectivity index (χ2n) is 7.34. The third-order valence-electron chi connectivity index (χ3n) is 5.26. The van der Waals surface area contributed by atoms with E-state index in [9.17, 15) is 0 Å². The summed E-state index contributed by atoms with van der Waals surface area (Å²) in [4.78, 5) is 4.85. The Morgan fingerprint density at radius 3 is 2.83 bits per heavy atom. The maximum atomic E-state index is 5.34. The highest BCUT2D eigenvalue weighted by molar-refractivity contribution is 5.08. The molecular weight excluding hydrogens is 304 g/mol. The van der Waals surface area contributed by atoms with Crippen LogP contribution in [0, 0.1) is 6.92 Å². The average Bonchev–Trinajstić information content (AvgIpc) is 2.96. The van der Waals surface area contributed by atoms with Crippen LogP contribution in [-0.2, 0) is 20.1 Å². The second-order valence-corrected chi connectivity index (χ2v) is 7.34. The van der Waals surface area contributed by atoms with Crippen LogP contribution < -0.4 is 0 Å². The number of likely N-dealkylation sites (N-methyl/N-ethyl adjacent to an activating group) is 1. The molecule has 2 fully saturated rings. The van der Waals surface area contributed by atoms with Crippen molar-refractivity contribution in [2.75, 3.05) is 20.1 Å². The maximum Gasteiger partial charge on any atom is 0.150 e. The van der Waals surface area contributed by atoms with Crippen molar-refractivity contribution in [2.45, 2.75) is 51.2 Å². The van der Waals surface area contributed by atoms with Gasteiger partial charge in [0.2, 0.25) is 0 Å². The molecule has 3 heterocycles. The molecule has 0 N–H and O–H groups in total. The molecule has 7 heteroatoms. The van der Waals surface area contributed by atoms with Gasteiger partial charge in [0.25, 0.3) is 0 Å². The van der Waals surface area contributed by atoms with Crippen molar-refractivity contribution in [3.05, 3.63) is 29.2 Å². The predicted molar refractivity (Wildman–Crippen MR) is 89.4 cm³/mol. The summed E-state index contributed by atoms with van der Waals surface area (Å²) in [6, 6.07) is 2.57. The van der Waals surface area contributed by atoms with E-state index >= 15 is 0 Å². The van der Waals surface area contributed by atoms with Crippen molar-refractivity contribution < 1.29 is 4.52 Å². The smallest absolute Gasteiger partial charge is 0.150 e. The lowest BCUT2D eigenvalue weighted by molar-refractivity contribution is 0.208. The number of hydrogen-bond acceptors (Lipinski definition) is 6. The minimum absolute atomic E-state index is 0.551. The zero-order valence-corrected chi connectivity index (χ0v) is 14.8. The standard InChI is InChI=1S/C17H26N6O/c1-12-8-15(24-20-12)10-23-7-6-14(9-23)21(2)11-16-18-19-17(22(16)3)13-4-5-13/h8,13-14H,4-7,9-11H2,1-3H3. The van der Waals surface area contributed by atoms with E-state index < -0.39 is 0 Å². The Bertz CT molecular complexity index is 704. The molecule has 0 aromatic carbocycles. The van der Waals surface area contributed by atoms with Crippen LogP contribution in [0.25, 0.3) is 0 Å². The Kier molecular flexibility index (Phi) is 4.14. The van der Waals surface area contributed by atoms with Crippen LogP contribution in [0.15, 0.2) is 10.6 Å². The van der Waals surface area contributed by atoms with Crippen LogP contribution in [0.3, 0.4) is 0 Å². The van der Waals surface area contributed by atoms with Gasteiger partial charge < -0.3 is 9.09 Å². The van der Waals surface area contributed by atoms with Crippen LogP contribution in [-0.4, -0.2) is 55.9 Å². The number of aromatic nitrogens is 4. The van der Waals surface area contributed by atoms with E-state index in [0.717, 1.165) is 49.3 Å². The molecule has 0 amide bonds. The topological polar surface area (TPSA) is 63.2 Å². The van der Waals surface area contributed by atoms with E-state index in [2.05, 4.69) is 43.8 Å². The normalized spacial score (nSPS) is 21.9. The third kappa shape index (κ3) is 3.23. The highest BCUT2D eigenvalue weighted by atomic mass is 16.5. The molecular formula is C17H26N6O. The van der Waals surface area contributed by atoms with Gasteiger partial charge in [-0.3, -0.25) is 9.80 Å². The van der Waals surface area contributed by atoms with Crippen molar-refractivity contribution in [3.63, 3.8) is 0 Å². The highest BCUT2D eigenvalue weighted by Gasteiger charge is 2.31. The van der Waals surface area contributed by atoms with Crippen molar-refractivity contribution in [1.29, 1.82) is 0 Å². The summed E-state index contributed by atoms with van der Waals surface area (Å²) >= 11 is 0. The Hall–Kier alpha value is -1.73. The maximum absolute atomic E-state index is 5.34. The van der Waals surface area contributed by atoms with Gasteiger partial charge in [-0.2, -0.15) is 0 Å². The molecule has 0 spiro atoms. The molecule has 24 heavy (non-hydrogen) atoms. The van der Waals surface area contributed by atoms with E-state index in [0.29, 0.717) is 12.0 Å². The fourth-order valence-corrected chi connectivity index (χ4v) is 3.59. The van der Waals surface area contributed by atoms with Crippen LogP contribution in [0.4, 0.5) is 0 Å². The zero-order valence-electron chi connectivity index (χ0n) is 14.8. The fourth-order valence-electron chi connectivity index (χ4n) is 3.59. The molecule has 1 atom stereocenters. The minimum atomic E-state index is 0.551. The predicted octanol–water partition coefficient (Wildman–Crippen LogP) is 1.70. The van der Waals surface area contributed by atoms with E-state index in [-0.39, 0.29) is 0 Å². The number of likely N-dealkylation sites (tertiary alicyclic amines) is 1. The lowest BCUT2D eigenvalue weighted by Gasteiger charge is -2.24. The van der Waals surface area contributed by atoms with Crippen molar-refractivity contribution in [3.8, 4) is 0 Å². The van der Waals surface area contributed by atoms with Gasteiger partial charge in [0, 0.05) is 38.2 Å². The van der Waals surface area contributed by atoms with Crippen LogP contribution in [0.1, 0.15) is 48.3 Å². The summed E-state index contributed by atoms with van der Waals surface area (Å²) < 4.78 is 7.53. The van der Waals surface area contributed by atoms with E-state index in [1.165, 1.54) is 19.3 Å². The first kappa shape index (κ1) is 15.8. The molecule has 1 aliphatic heterocycles. The molecule has 7 nitrogen and oxygen atoms in total. The van der Waals surface area contributed by atoms with Crippen molar-refractivity contribution in [2.24, 2.45) is 7.05 Å². The Morgan fingerprint density at radius 1 is 1.29 bits per heavy atom. The first-order chi connectivity index (χ1) is 11.6. The first-order valence-corrected chi connectivity index (χ1v) is 8.83. The molecule has 1 saturated heterocycles. The molecule has 1 unspecified atom stereocenters. The van der Waals surface area contributed by atoms with Crippen LogP contribution >= 0.6 is 0 Å². The lowest BCUT2D eigenvalue weighted by atomic mass is 10.2. The highest BCUT2D eigenvalue weighted by Crippen LogP contribution is 2.38. The van der Waals surface area contributed by atoms with Gasteiger partial charge in [-0.15, -0.1) is 10.2 Å². The van der Waals surface area contributed by atoms with Gasteiger partial charge in [-0.1, -0.05) is 5.16 Å². The SMILES string of the molecule is Cc1cc(CN2CCC(N(C)Cc3nnc(C4CC4)n3C)C2)on1. The summed E-state index contributed by atoms with van der Waals surface area (Å²) in [7, 11) is 4.29. The molecule has 0 radical (unpaired) electrons. The molecule has 1 saturated carbocycles. The summed E-state index contributed by atoms with van der Waals surface area (Å²) in [6.45, 7) is 5.83. The number of aryl methyl sites for hydroxylation is 1. The average molecular weight is 330 g/mol. The van der Waals surface area contributed by atoms with Gasteiger partial charge in [0.05, 0.1) is 18.8 Å². The third-order valence-corrected chi connectivity index (χ3v) is 5.26. The van der Waals surface area contributed by atoms with Crippen LogP contribution in [0.2, 0.25) is 0 Å². The molecule has 2 aromatic rings. The molecule has 2 aromatic heterocycles. The van der Waals surface area contributed by atoms with Crippen LogP contribution in [0.5, 0.6) is 0 Å². The quantitative estimate of drug-likeness (QED) is 0.803. The van der Waals surface area contributed by atoms with Gasteiger partial charge in [0.1, 0.15) is 11.6 Å². The van der Waals surface area contributed by atoms with E-state index in [4.69, 9.17) is 4.52 Å². The summed E-state index contributed by atoms with van der Waals surface area (Å²) in [5, 5.41) is 12.8. The summed E-state index contributed by atoms with van der Waals surface area (Å²) in [5.74, 6) is 3.84. The van der Waals surface area contributed by atoms with Crippen molar-refractivity contribution >= 4 is 0 Å².